The third-order valence-electron chi connectivity index (χ3n) is 3.32. The topological polar surface area (TPSA) is 64.9 Å². The molecule has 4 heteroatoms. The average molecular weight is 223 g/mol. The van der Waals surface area contributed by atoms with Crippen LogP contribution in [0.15, 0.2) is 4.52 Å². The van der Waals surface area contributed by atoms with Gasteiger partial charge in [-0.25, -0.2) is 0 Å². The van der Waals surface area contributed by atoms with E-state index in [1.807, 2.05) is 6.92 Å². The molecule has 1 heterocycles. The zero-order valence-electron chi connectivity index (χ0n) is 9.98. The summed E-state index contributed by atoms with van der Waals surface area (Å²) in [5.41, 5.74) is 5.72. The lowest BCUT2D eigenvalue weighted by atomic mass is 9.91. The van der Waals surface area contributed by atoms with E-state index < -0.39 is 0 Å². The van der Waals surface area contributed by atoms with Crippen molar-refractivity contribution in [2.24, 2.45) is 5.73 Å². The summed E-state index contributed by atoms with van der Waals surface area (Å²) in [6.07, 6.45) is 9.02. The van der Waals surface area contributed by atoms with E-state index in [4.69, 9.17) is 10.3 Å². The molecule has 90 valence electrons. The molecule has 0 amide bonds. The van der Waals surface area contributed by atoms with Crippen LogP contribution in [0.1, 0.15) is 75.5 Å². The molecule has 0 spiro atoms. The zero-order chi connectivity index (χ0) is 11.4. The fourth-order valence-electron chi connectivity index (χ4n) is 2.31. The van der Waals surface area contributed by atoms with Crippen LogP contribution in [0.4, 0.5) is 0 Å². The minimum atomic E-state index is -0.158. The highest BCUT2D eigenvalue weighted by atomic mass is 16.5. The second-order valence-electron chi connectivity index (χ2n) is 4.82. The van der Waals surface area contributed by atoms with Gasteiger partial charge in [0.05, 0.1) is 6.04 Å². The Morgan fingerprint density at radius 2 is 1.81 bits per heavy atom. The van der Waals surface area contributed by atoms with Crippen LogP contribution >= 0.6 is 0 Å². The molecule has 1 aromatic heterocycles. The zero-order valence-corrected chi connectivity index (χ0v) is 9.98. The van der Waals surface area contributed by atoms with E-state index in [0.717, 1.165) is 5.82 Å². The summed E-state index contributed by atoms with van der Waals surface area (Å²) in [4.78, 5) is 4.40. The van der Waals surface area contributed by atoms with Gasteiger partial charge in [0.25, 0.3) is 0 Å². The summed E-state index contributed by atoms with van der Waals surface area (Å²) >= 11 is 0. The van der Waals surface area contributed by atoms with Crippen LogP contribution in [0.25, 0.3) is 0 Å². The van der Waals surface area contributed by atoms with Crippen molar-refractivity contribution in [3.63, 3.8) is 0 Å². The molecule has 0 aliphatic heterocycles. The van der Waals surface area contributed by atoms with Gasteiger partial charge in [0.1, 0.15) is 0 Å². The maximum atomic E-state index is 5.72. The fourth-order valence-corrected chi connectivity index (χ4v) is 2.31. The molecule has 16 heavy (non-hydrogen) atoms. The van der Waals surface area contributed by atoms with Gasteiger partial charge >= 0.3 is 0 Å². The second-order valence-corrected chi connectivity index (χ2v) is 4.82. The van der Waals surface area contributed by atoms with E-state index in [1.54, 1.807) is 0 Å². The average Bonchev–Trinajstić information content (AvgIpc) is 2.66. The van der Waals surface area contributed by atoms with Crippen LogP contribution in [0.3, 0.4) is 0 Å². The predicted molar refractivity (Wildman–Crippen MR) is 62.0 cm³/mol. The molecule has 2 N–H and O–H groups in total. The molecule has 1 atom stereocenters. The van der Waals surface area contributed by atoms with Gasteiger partial charge in [-0.1, -0.05) is 37.3 Å². The van der Waals surface area contributed by atoms with Crippen molar-refractivity contribution in [3.8, 4) is 0 Å². The molecule has 1 aromatic rings. The molecule has 1 aliphatic carbocycles. The van der Waals surface area contributed by atoms with Gasteiger partial charge in [-0.15, -0.1) is 0 Å². The Bertz CT molecular complexity index is 314. The molecular formula is C12H21N3O. The lowest BCUT2D eigenvalue weighted by Crippen LogP contribution is -2.07. The SMILES string of the molecule is C[C@@H](N)c1nc(C2CCCCCCC2)no1. The van der Waals surface area contributed by atoms with Crippen molar-refractivity contribution < 1.29 is 4.52 Å². The number of nitrogens with zero attached hydrogens (tertiary/aromatic N) is 2. The lowest BCUT2D eigenvalue weighted by Gasteiger charge is -2.15. The van der Waals surface area contributed by atoms with Gasteiger partial charge in [0.15, 0.2) is 5.82 Å². The van der Waals surface area contributed by atoms with Crippen LogP contribution < -0.4 is 5.73 Å². The Morgan fingerprint density at radius 3 is 2.38 bits per heavy atom. The van der Waals surface area contributed by atoms with E-state index in [1.165, 1.54) is 44.9 Å². The highest BCUT2D eigenvalue weighted by Crippen LogP contribution is 2.29. The normalized spacial score (nSPS) is 21.4. The van der Waals surface area contributed by atoms with Crippen molar-refractivity contribution in [1.29, 1.82) is 0 Å². The van der Waals surface area contributed by atoms with Crippen molar-refractivity contribution in [2.75, 3.05) is 0 Å². The number of hydrogen-bond acceptors (Lipinski definition) is 4. The van der Waals surface area contributed by atoms with Crippen molar-refractivity contribution in [2.45, 2.75) is 63.8 Å². The Hall–Kier alpha value is -0.900. The Kier molecular flexibility index (Phi) is 3.93. The molecular weight excluding hydrogens is 202 g/mol. The van der Waals surface area contributed by atoms with Gasteiger partial charge in [-0.3, -0.25) is 0 Å². The van der Waals surface area contributed by atoms with Crippen LogP contribution in [0, 0.1) is 0 Å². The van der Waals surface area contributed by atoms with Gasteiger partial charge in [0, 0.05) is 5.92 Å². The molecule has 4 nitrogen and oxygen atoms in total. The quantitative estimate of drug-likeness (QED) is 0.837. The number of nitrogens with two attached hydrogens (primary N) is 1. The van der Waals surface area contributed by atoms with Crippen LogP contribution in [0.5, 0.6) is 0 Å². The van der Waals surface area contributed by atoms with Gasteiger partial charge in [0.2, 0.25) is 5.89 Å². The third-order valence-corrected chi connectivity index (χ3v) is 3.32. The molecule has 2 rings (SSSR count). The van der Waals surface area contributed by atoms with Crippen molar-refractivity contribution >= 4 is 0 Å². The molecule has 1 aliphatic rings. The third kappa shape index (κ3) is 2.82. The molecule has 0 radical (unpaired) electrons. The van der Waals surface area contributed by atoms with Gasteiger partial charge < -0.3 is 10.3 Å². The molecule has 1 fully saturated rings. The predicted octanol–water partition coefficient (Wildman–Crippen LogP) is 2.92. The summed E-state index contributed by atoms with van der Waals surface area (Å²) in [7, 11) is 0. The summed E-state index contributed by atoms with van der Waals surface area (Å²) in [6, 6.07) is -0.158. The highest BCUT2D eigenvalue weighted by molar-refractivity contribution is 4.97. The second kappa shape index (κ2) is 5.43. The van der Waals surface area contributed by atoms with Gasteiger partial charge in [-0.05, 0) is 19.8 Å². The first-order chi connectivity index (χ1) is 7.77. The largest absolute Gasteiger partial charge is 0.338 e. The smallest absolute Gasteiger partial charge is 0.243 e. The first kappa shape index (κ1) is 11.6. The molecule has 0 saturated heterocycles. The van der Waals surface area contributed by atoms with E-state index in [2.05, 4.69) is 10.1 Å². The maximum absolute atomic E-state index is 5.72. The highest BCUT2D eigenvalue weighted by Gasteiger charge is 2.20. The Morgan fingerprint density at radius 1 is 1.19 bits per heavy atom. The first-order valence-corrected chi connectivity index (χ1v) is 6.36. The Balaban J connectivity index is 2.02. The lowest BCUT2D eigenvalue weighted by molar-refractivity contribution is 0.348. The van der Waals surface area contributed by atoms with Gasteiger partial charge in [-0.2, -0.15) is 4.98 Å². The summed E-state index contributed by atoms with van der Waals surface area (Å²) in [5.74, 6) is 1.92. The monoisotopic (exact) mass is 223 g/mol. The fraction of sp³-hybridized carbons (Fsp3) is 0.833. The minimum absolute atomic E-state index is 0.158. The Labute approximate surface area is 96.6 Å². The molecule has 0 bridgehead atoms. The van der Waals surface area contributed by atoms with E-state index in [-0.39, 0.29) is 6.04 Å². The standard InChI is InChI=1S/C12H21N3O/c1-9(13)12-14-11(15-16-12)10-7-5-3-2-4-6-8-10/h9-10H,2-8,13H2,1H3/t9-/m1/s1. The number of aromatic nitrogens is 2. The van der Waals surface area contributed by atoms with Crippen LogP contribution in [-0.4, -0.2) is 10.1 Å². The minimum Gasteiger partial charge on any atom is -0.338 e. The number of hydrogen-bond donors (Lipinski definition) is 1. The molecule has 1 saturated carbocycles. The van der Waals surface area contributed by atoms with E-state index in [0.29, 0.717) is 11.8 Å². The van der Waals surface area contributed by atoms with E-state index in [9.17, 15) is 0 Å². The van der Waals surface area contributed by atoms with Crippen molar-refractivity contribution in [3.05, 3.63) is 11.7 Å². The maximum Gasteiger partial charge on any atom is 0.243 e. The summed E-state index contributed by atoms with van der Waals surface area (Å²) in [5, 5.41) is 4.07. The van der Waals surface area contributed by atoms with Crippen molar-refractivity contribution in [1.82, 2.24) is 10.1 Å². The van der Waals surface area contributed by atoms with E-state index >= 15 is 0 Å². The summed E-state index contributed by atoms with van der Waals surface area (Å²) < 4.78 is 5.17. The van der Waals surface area contributed by atoms with Crippen LogP contribution in [0.2, 0.25) is 0 Å². The molecule has 0 unspecified atom stereocenters. The summed E-state index contributed by atoms with van der Waals surface area (Å²) in [6.45, 7) is 1.87. The molecule has 0 aromatic carbocycles. The first-order valence-electron chi connectivity index (χ1n) is 6.36. The van der Waals surface area contributed by atoms with Crippen LogP contribution in [-0.2, 0) is 0 Å². The number of rotatable bonds is 2.